The van der Waals surface area contributed by atoms with E-state index in [9.17, 15) is 9.50 Å². The van der Waals surface area contributed by atoms with Gasteiger partial charge in [0.15, 0.2) is 0 Å². The highest BCUT2D eigenvalue weighted by atomic mass is 79.9. The zero-order valence-corrected chi connectivity index (χ0v) is 9.71. The highest BCUT2D eigenvalue weighted by Crippen LogP contribution is 2.32. The summed E-state index contributed by atoms with van der Waals surface area (Å²) >= 11 is 3.32. The zero-order valence-electron chi connectivity index (χ0n) is 8.12. The molecule has 2 nitrogen and oxygen atoms in total. The Labute approximate surface area is 96.2 Å². The van der Waals surface area contributed by atoms with Crippen LogP contribution >= 0.6 is 15.9 Å². The van der Waals surface area contributed by atoms with Gasteiger partial charge in [0.2, 0.25) is 0 Å². The van der Waals surface area contributed by atoms with E-state index in [1.807, 2.05) is 0 Å². The van der Waals surface area contributed by atoms with E-state index in [0.717, 1.165) is 12.0 Å². The van der Waals surface area contributed by atoms with Crippen molar-refractivity contribution in [1.82, 2.24) is 0 Å². The minimum Gasteiger partial charge on any atom is -0.390 e. The number of hydrogen-bond acceptors (Lipinski definition) is 2. The molecule has 82 valence electrons. The van der Waals surface area contributed by atoms with E-state index in [1.165, 1.54) is 12.1 Å². The monoisotopic (exact) mass is 274 g/mol. The highest BCUT2D eigenvalue weighted by molar-refractivity contribution is 9.10. The molecule has 1 heterocycles. The van der Waals surface area contributed by atoms with Crippen molar-refractivity contribution in [3.05, 3.63) is 34.1 Å². The summed E-state index contributed by atoms with van der Waals surface area (Å²) < 4.78 is 18.8. The van der Waals surface area contributed by atoms with Crippen LogP contribution in [0.25, 0.3) is 0 Å². The number of aliphatic hydroxyl groups excluding tert-OH is 1. The predicted octanol–water partition coefficient (Wildman–Crippen LogP) is 2.45. The Balaban J connectivity index is 2.27. The Morgan fingerprint density at radius 3 is 2.93 bits per heavy atom. The van der Waals surface area contributed by atoms with Crippen LogP contribution < -0.4 is 0 Å². The van der Waals surface area contributed by atoms with Crippen LogP contribution in [0.5, 0.6) is 0 Å². The predicted molar refractivity (Wildman–Crippen MR) is 58.3 cm³/mol. The minimum absolute atomic E-state index is 0.0359. The molecule has 1 aromatic rings. The average molecular weight is 275 g/mol. The SMILES string of the molecule is OC1COCCC1c1ccc(F)cc1Br. The largest absolute Gasteiger partial charge is 0.390 e. The van der Waals surface area contributed by atoms with Crippen molar-refractivity contribution in [1.29, 1.82) is 0 Å². The van der Waals surface area contributed by atoms with Crippen LogP contribution in [-0.4, -0.2) is 24.4 Å². The molecule has 2 unspecified atom stereocenters. The Morgan fingerprint density at radius 2 is 2.27 bits per heavy atom. The first-order valence-corrected chi connectivity index (χ1v) is 5.68. The smallest absolute Gasteiger partial charge is 0.124 e. The summed E-state index contributed by atoms with van der Waals surface area (Å²) in [7, 11) is 0. The lowest BCUT2D eigenvalue weighted by Crippen LogP contribution is -2.30. The Bertz CT molecular complexity index is 356. The highest BCUT2D eigenvalue weighted by Gasteiger charge is 2.26. The lowest BCUT2D eigenvalue weighted by atomic mass is 9.89. The lowest BCUT2D eigenvalue weighted by molar-refractivity contribution is -0.0206. The molecule has 2 atom stereocenters. The molecule has 2 rings (SSSR count). The fourth-order valence-electron chi connectivity index (χ4n) is 1.89. The van der Waals surface area contributed by atoms with E-state index in [-0.39, 0.29) is 11.7 Å². The maximum atomic E-state index is 12.9. The fourth-order valence-corrected chi connectivity index (χ4v) is 2.53. The maximum Gasteiger partial charge on any atom is 0.124 e. The fraction of sp³-hybridized carbons (Fsp3) is 0.455. The minimum atomic E-state index is -0.500. The van der Waals surface area contributed by atoms with Crippen molar-refractivity contribution < 1.29 is 14.2 Å². The van der Waals surface area contributed by atoms with Crippen molar-refractivity contribution in [2.24, 2.45) is 0 Å². The van der Waals surface area contributed by atoms with Gasteiger partial charge in [-0.1, -0.05) is 22.0 Å². The normalized spacial score (nSPS) is 26.6. The molecule has 0 aromatic heterocycles. The third kappa shape index (κ3) is 2.38. The van der Waals surface area contributed by atoms with Crippen molar-refractivity contribution in [2.75, 3.05) is 13.2 Å². The summed E-state index contributed by atoms with van der Waals surface area (Å²) in [4.78, 5) is 0. The quantitative estimate of drug-likeness (QED) is 0.853. The van der Waals surface area contributed by atoms with E-state index < -0.39 is 6.10 Å². The van der Waals surface area contributed by atoms with Crippen LogP contribution in [0.4, 0.5) is 4.39 Å². The van der Waals surface area contributed by atoms with E-state index in [0.29, 0.717) is 17.7 Å². The number of halogens is 2. The summed E-state index contributed by atoms with van der Waals surface area (Å²) in [5, 5.41) is 9.78. The Kier molecular flexibility index (Phi) is 3.38. The van der Waals surface area contributed by atoms with Gasteiger partial charge >= 0.3 is 0 Å². The molecule has 0 saturated carbocycles. The second-order valence-electron chi connectivity index (χ2n) is 3.70. The molecule has 1 saturated heterocycles. The van der Waals surface area contributed by atoms with Gasteiger partial charge in [0.05, 0.1) is 12.7 Å². The van der Waals surface area contributed by atoms with Gasteiger partial charge in [0.1, 0.15) is 5.82 Å². The molecule has 0 spiro atoms. The van der Waals surface area contributed by atoms with Gasteiger partial charge in [-0.2, -0.15) is 0 Å². The van der Waals surface area contributed by atoms with Crippen LogP contribution in [0.1, 0.15) is 17.9 Å². The number of rotatable bonds is 1. The number of benzene rings is 1. The Hall–Kier alpha value is -0.450. The molecular weight excluding hydrogens is 263 g/mol. The Morgan fingerprint density at radius 1 is 1.47 bits per heavy atom. The molecule has 1 aliphatic rings. The van der Waals surface area contributed by atoms with Crippen LogP contribution in [0.15, 0.2) is 22.7 Å². The third-order valence-corrected chi connectivity index (χ3v) is 3.37. The molecule has 1 aromatic carbocycles. The van der Waals surface area contributed by atoms with Gasteiger partial charge in [-0.05, 0) is 24.1 Å². The first-order chi connectivity index (χ1) is 7.18. The molecular formula is C11H12BrFO2. The molecule has 0 aliphatic carbocycles. The molecule has 0 amide bonds. The van der Waals surface area contributed by atoms with E-state index in [4.69, 9.17) is 4.74 Å². The van der Waals surface area contributed by atoms with Gasteiger partial charge in [-0.15, -0.1) is 0 Å². The van der Waals surface area contributed by atoms with Crippen LogP contribution in [0.2, 0.25) is 0 Å². The molecule has 1 N–H and O–H groups in total. The summed E-state index contributed by atoms with van der Waals surface area (Å²) in [6.45, 7) is 1.00. The summed E-state index contributed by atoms with van der Waals surface area (Å²) in [5.74, 6) is -0.235. The van der Waals surface area contributed by atoms with Gasteiger partial charge in [-0.25, -0.2) is 4.39 Å². The third-order valence-electron chi connectivity index (χ3n) is 2.69. The molecule has 15 heavy (non-hydrogen) atoms. The number of hydrogen-bond donors (Lipinski definition) is 1. The molecule has 1 fully saturated rings. The standard InChI is InChI=1S/C11H12BrFO2/c12-10-5-7(13)1-2-8(10)9-3-4-15-6-11(9)14/h1-2,5,9,11,14H,3-4,6H2. The lowest BCUT2D eigenvalue weighted by Gasteiger charge is -2.28. The van der Waals surface area contributed by atoms with Crippen molar-refractivity contribution >= 4 is 15.9 Å². The van der Waals surface area contributed by atoms with Crippen LogP contribution in [0, 0.1) is 5.82 Å². The number of ether oxygens (including phenoxy) is 1. The molecule has 0 bridgehead atoms. The van der Waals surface area contributed by atoms with Crippen molar-refractivity contribution in [3.8, 4) is 0 Å². The van der Waals surface area contributed by atoms with Crippen molar-refractivity contribution in [3.63, 3.8) is 0 Å². The molecule has 0 radical (unpaired) electrons. The number of aliphatic hydroxyl groups is 1. The summed E-state index contributed by atoms with van der Waals surface area (Å²) in [6.07, 6.45) is 0.270. The van der Waals surface area contributed by atoms with E-state index in [2.05, 4.69) is 15.9 Å². The van der Waals surface area contributed by atoms with E-state index >= 15 is 0 Å². The van der Waals surface area contributed by atoms with Gasteiger partial charge < -0.3 is 9.84 Å². The van der Waals surface area contributed by atoms with Crippen LogP contribution in [0.3, 0.4) is 0 Å². The summed E-state index contributed by atoms with van der Waals surface area (Å²) in [5.41, 5.74) is 0.951. The first kappa shape index (κ1) is 11.0. The second kappa shape index (κ2) is 4.60. The first-order valence-electron chi connectivity index (χ1n) is 4.89. The van der Waals surface area contributed by atoms with Crippen LogP contribution in [-0.2, 0) is 4.74 Å². The van der Waals surface area contributed by atoms with E-state index in [1.54, 1.807) is 6.07 Å². The average Bonchev–Trinajstić information content (AvgIpc) is 2.20. The van der Waals surface area contributed by atoms with Gasteiger partial charge in [0.25, 0.3) is 0 Å². The van der Waals surface area contributed by atoms with Gasteiger partial charge in [0, 0.05) is 17.0 Å². The van der Waals surface area contributed by atoms with Crippen molar-refractivity contribution in [2.45, 2.75) is 18.4 Å². The zero-order chi connectivity index (χ0) is 10.8. The topological polar surface area (TPSA) is 29.5 Å². The summed E-state index contributed by atoms with van der Waals surface area (Å²) in [6, 6.07) is 4.57. The molecule has 1 aliphatic heterocycles. The molecule has 4 heteroatoms. The van der Waals surface area contributed by atoms with Gasteiger partial charge in [-0.3, -0.25) is 0 Å². The maximum absolute atomic E-state index is 12.9. The second-order valence-corrected chi connectivity index (χ2v) is 4.56.